The van der Waals surface area contributed by atoms with E-state index in [1.165, 1.54) is 29.7 Å². The lowest BCUT2D eigenvalue weighted by Crippen LogP contribution is -1.99. The first kappa shape index (κ1) is 13.0. The Morgan fingerprint density at radius 1 is 1.10 bits per heavy atom. The SMILES string of the molecule is OC(c1cc2c(s1)CCCC2)c1cccc2cccnc12. The summed E-state index contributed by atoms with van der Waals surface area (Å²) < 4.78 is 0. The van der Waals surface area contributed by atoms with Gasteiger partial charge in [-0.25, -0.2) is 0 Å². The Balaban J connectivity index is 1.79. The van der Waals surface area contributed by atoms with Gasteiger partial charge in [-0.15, -0.1) is 11.3 Å². The summed E-state index contributed by atoms with van der Waals surface area (Å²) in [6, 6.07) is 12.2. The maximum Gasteiger partial charge on any atom is 0.115 e. The van der Waals surface area contributed by atoms with Crippen molar-refractivity contribution < 1.29 is 5.11 Å². The molecule has 106 valence electrons. The summed E-state index contributed by atoms with van der Waals surface area (Å²) >= 11 is 1.77. The van der Waals surface area contributed by atoms with Crippen LogP contribution in [0, 0.1) is 0 Å². The summed E-state index contributed by atoms with van der Waals surface area (Å²) in [5.74, 6) is 0. The first-order valence-corrected chi connectivity index (χ1v) is 8.28. The molecule has 0 saturated carbocycles. The van der Waals surface area contributed by atoms with E-state index in [0.717, 1.165) is 27.8 Å². The molecule has 2 aromatic heterocycles. The molecule has 0 spiro atoms. The normalized spacial score (nSPS) is 15.9. The first-order chi connectivity index (χ1) is 10.3. The molecule has 2 heterocycles. The number of nitrogens with zero attached hydrogens (tertiary/aromatic N) is 1. The molecule has 0 fully saturated rings. The van der Waals surface area contributed by atoms with Crippen LogP contribution >= 0.6 is 11.3 Å². The number of aliphatic hydroxyl groups excluding tert-OH is 1. The van der Waals surface area contributed by atoms with Gasteiger partial charge in [0.2, 0.25) is 0 Å². The Morgan fingerprint density at radius 2 is 1.95 bits per heavy atom. The zero-order chi connectivity index (χ0) is 14.2. The summed E-state index contributed by atoms with van der Waals surface area (Å²) in [4.78, 5) is 6.97. The van der Waals surface area contributed by atoms with Crippen LogP contribution in [0.25, 0.3) is 10.9 Å². The zero-order valence-electron chi connectivity index (χ0n) is 11.7. The molecule has 1 aromatic carbocycles. The molecule has 2 nitrogen and oxygen atoms in total. The Kier molecular flexibility index (Phi) is 3.24. The number of rotatable bonds is 2. The van der Waals surface area contributed by atoms with Gasteiger partial charge in [0, 0.05) is 26.9 Å². The number of hydrogen-bond donors (Lipinski definition) is 1. The quantitative estimate of drug-likeness (QED) is 0.766. The maximum absolute atomic E-state index is 10.8. The van der Waals surface area contributed by atoms with E-state index in [1.807, 2.05) is 30.3 Å². The Bertz CT molecular complexity index is 764. The molecule has 1 atom stereocenters. The van der Waals surface area contributed by atoms with Crippen LogP contribution in [0.15, 0.2) is 42.6 Å². The van der Waals surface area contributed by atoms with Gasteiger partial charge in [0.15, 0.2) is 0 Å². The third-order valence-electron chi connectivity index (χ3n) is 4.24. The van der Waals surface area contributed by atoms with Crippen molar-refractivity contribution in [2.24, 2.45) is 0 Å². The van der Waals surface area contributed by atoms with Gasteiger partial charge in [-0.05, 0) is 43.4 Å². The molecular formula is C18H17NOS. The van der Waals surface area contributed by atoms with Crippen molar-refractivity contribution >= 4 is 22.2 Å². The monoisotopic (exact) mass is 295 g/mol. The fraction of sp³-hybridized carbons (Fsp3) is 0.278. The van der Waals surface area contributed by atoms with Gasteiger partial charge in [-0.1, -0.05) is 24.3 Å². The lowest BCUT2D eigenvalue weighted by Gasteiger charge is -2.11. The van der Waals surface area contributed by atoms with Crippen LogP contribution in [-0.4, -0.2) is 10.1 Å². The molecule has 21 heavy (non-hydrogen) atoms. The highest BCUT2D eigenvalue weighted by Crippen LogP contribution is 2.36. The Labute approximate surface area is 128 Å². The second kappa shape index (κ2) is 5.24. The molecule has 3 aromatic rings. The van der Waals surface area contributed by atoms with Crippen molar-refractivity contribution in [3.8, 4) is 0 Å². The standard InChI is InChI=1S/C18H17NOS/c20-18(16-11-13-5-1-2-9-15(13)21-16)14-8-3-6-12-7-4-10-19-17(12)14/h3-4,6-8,10-11,18,20H,1-2,5,9H2. The minimum atomic E-state index is -0.570. The van der Waals surface area contributed by atoms with Crippen molar-refractivity contribution in [2.45, 2.75) is 31.8 Å². The number of benzene rings is 1. The van der Waals surface area contributed by atoms with Crippen LogP contribution in [0.5, 0.6) is 0 Å². The van der Waals surface area contributed by atoms with E-state index in [-0.39, 0.29) is 0 Å². The van der Waals surface area contributed by atoms with Crippen LogP contribution in [0.1, 0.15) is 39.8 Å². The van der Waals surface area contributed by atoms with E-state index in [0.29, 0.717) is 0 Å². The Hall–Kier alpha value is -1.71. The maximum atomic E-state index is 10.8. The van der Waals surface area contributed by atoms with E-state index in [1.54, 1.807) is 17.5 Å². The highest BCUT2D eigenvalue weighted by Gasteiger charge is 2.20. The van der Waals surface area contributed by atoms with Crippen LogP contribution < -0.4 is 0 Å². The highest BCUT2D eigenvalue weighted by atomic mass is 32.1. The molecule has 0 saturated heterocycles. The number of fused-ring (bicyclic) bond motifs is 2. The number of aliphatic hydroxyl groups is 1. The van der Waals surface area contributed by atoms with Crippen molar-refractivity contribution in [3.05, 3.63) is 63.5 Å². The third-order valence-corrected chi connectivity index (χ3v) is 5.53. The number of aryl methyl sites for hydroxylation is 2. The highest BCUT2D eigenvalue weighted by molar-refractivity contribution is 7.12. The van der Waals surface area contributed by atoms with Crippen LogP contribution in [0.3, 0.4) is 0 Å². The number of thiophene rings is 1. The molecular weight excluding hydrogens is 278 g/mol. The fourth-order valence-electron chi connectivity index (χ4n) is 3.15. The van der Waals surface area contributed by atoms with Crippen LogP contribution in [0.4, 0.5) is 0 Å². The average Bonchev–Trinajstić information content (AvgIpc) is 2.97. The van der Waals surface area contributed by atoms with Gasteiger partial charge in [0.05, 0.1) is 5.52 Å². The van der Waals surface area contributed by atoms with Gasteiger partial charge >= 0.3 is 0 Å². The second-order valence-corrected chi connectivity index (χ2v) is 6.80. The average molecular weight is 295 g/mol. The summed E-state index contributed by atoms with van der Waals surface area (Å²) in [5, 5.41) is 11.9. The van der Waals surface area contributed by atoms with Gasteiger partial charge < -0.3 is 5.11 Å². The van der Waals surface area contributed by atoms with Crippen molar-refractivity contribution in [3.63, 3.8) is 0 Å². The number of hydrogen-bond acceptors (Lipinski definition) is 3. The first-order valence-electron chi connectivity index (χ1n) is 7.46. The van der Waals surface area contributed by atoms with Crippen LogP contribution in [0.2, 0.25) is 0 Å². The fourth-order valence-corrected chi connectivity index (χ4v) is 4.41. The summed E-state index contributed by atoms with van der Waals surface area (Å²) in [6.45, 7) is 0. The van der Waals surface area contributed by atoms with E-state index in [2.05, 4.69) is 11.1 Å². The summed E-state index contributed by atoms with van der Waals surface area (Å²) in [5.41, 5.74) is 3.25. The largest absolute Gasteiger partial charge is 0.383 e. The van der Waals surface area contributed by atoms with Gasteiger partial charge in [-0.2, -0.15) is 0 Å². The number of para-hydroxylation sites is 1. The predicted molar refractivity (Wildman–Crippen MR) is 86.8 cm³/mol. The lowest BCUT2D eigenvalue weighted by molar-refractivity contribution is 0.225. The lowest BCUT2D eigenvalue weighted by atomic mass is 9.98. The van der Waals surface area contributed by atoms with E-state index in [4.69, 9.17) is 0 Å². The van der Waals surface area contributed by atoms with Crippen molar-refractivity contribution in [2.75, 3.05) is 0 Å². The zero-order valence-corrected chi connectivity index (χ0v) is 12.6. The second-order valence-electron chi connectivity index (χ2n) is 5.63. The molecule has 0 bridgehead atoms. The van der Waals surface area contributed by atoms with Gasteiger partial charge in [0.1, 0.15) is 6.10 Å². The topological polar surface area (TPSA) is 33.1 Å². The smallest absolute Gasteiger partial charge is 0.115 e. The van der Waals surface area contributed by atoms with Gasteiger partial charge in [-0.3, -0.25) is 4.98 Å². The minimum Gasteiger partial charge on any atom is -0.383 e. The third kappa shape index (κ3) is 2.27. The van der Waals surface area contributed by atoms with Gasteiger partial charge in [0.25, 0.3) is 0 Å². The molecule has 1 N–H and O–H groups in total. The predicted octanol–water partition coefficient (Wildman–Crippen LogP) is 4.26. The number of pyridine rings is 1. The summed E-state index contributed by atoms with van der Waals surface area (Å²) in [7, 11) is 0. The molecule has 0 radical (unpaired) electrons. The minimum absolute atomic E-state index is 0.570. The molecule has 1 aliphatic rings. The molecule has 1 aliphatic carbocycles. The summed E-state index contributed by atoms with van der Waals surface area (Å²) in [6.07, 6.45) is 6.10. The number of aromatic nitrogens is 1. The molecule has 1 unspecified atom stereocenters. The molecule has 4 rings (SSSR count). The van der Waals surface area contributed by atoms with Crippen LogP contribution in [-0.2, 0) is 12.8 Å². The van der Waals surface area contributed by atoms with E-state index >= 15 is 0 Å². The molecule has 0 aliphatic heterocycles. The Morgan fingerprint density at radius 3 is 2.86 bits per heavy atom. The van der Waals surface area contributed by atoms with E-state index in [9.17, 15) is 5.11 Å². The van der Waals surface area contributed by atoms with Crippen molar-refractivity contribution in [1.82, 2.24) is 4.98 Å². The van der Waals surface area contributed by atoms with Crippen molar-refractivity contribution in [1.29, 1.82) is 0 Å². The van der Waals surface area contributed by atoms with E-state index < -0.39 is 6.10 Å². The molecule has 3 heteroatoms. The molecule has 0 amide bonds.